The minimum absolute atomic E-state index is 0.0850. The van der Waals surface area contributed by atoms with Crippen molar-refractivity contribution in [2.45, 2.75) is 6.54 Å². The van der Waals surface area contributed by atoms with Gasteiger partial charge in [-0.25, -0.2) is 0 Å². The third-order valence-corrected chi connectivity index (χ3v) is 4.62. The van der Waals surface area contributed by atoms with Crippen LogP contribution in [-0.4, -0.2) is 15.9 Å². The summed E-state index contributed by atoms with van der Waals surface area (Å²) in [4.78, 5) is 20.0. The quantitative estimate of drug-likeness (QED) is 0.587. The zero-order valence-corrected chi connectivity index (χ0v) is 13.6. The van der Waals surface area contributed by atoms with E-state index in [9.17, 15) is 4.79 Å². The molecule has 118 valence electrons. The number of hydrogen-bond acceptors (Lipinski definition) is 3. The Hall–Kier alpha value is -2.92. The fourth-order valence-electron chi connectivity index (χ4n) is 2.71. The molecule has 5 heteroatoms. The maximum atomic E-state index is 12.4. The van der Waals surface area contributed by atoms with Crippen LogP contribution in [0.5, 0.6) is 0 Å². The van der Waals surface area contributed by atoms with Crippen LogP contribution in [0.3, 0.4) is 0 Å². The van der Waals surface area contributed by atoms with E-state index in [0.29, 0.717) is 12.1 Å². The molecule has 3 heterocycles. The predicted octanol–water partition coefficient (Wildman–Crippen LogP) is 4.22. The van der Waals surface area contributed by atoms with Crippen molar-refractivity contribution in [2.75, 3.05) is 0 Å². The number of hydrogen-bond donors (Lipinski definition) is 2. The van der Waals surface area contributed by atoms with E-state index in [1.165, 1.54) is 0 Å². The first kappa shape index (κ1) is 14.7. The van der Waals surface area contributed by atoms with Crippen LogP contribution in [0, 0.1) is 0 Å². The van der Waals surface area contributed by atoms with Crippen molar-refractivity contribution in [2.24, 2.45) is 0 Å². The summed E-state index contributed by atoms with van der Waals surface area (Å²) in [5.41, 5.74) is 4.69. The topological polar surface area (TPSA) is 57.8 Å². The molecule has 1 aromatic carbocycles. The summed E-state index contributed by atoms with van der Waals surface area (Å²) in [6.07, 6.45) is 3.65. The molecule has 0 atom stereocenters. The lowest BCUT2D eigenvalue weighted by Gasteiger charge is -2.09. The number of H-pyrrole nitrogens is 1. The number of carbonyl (C=O) groups is 1. The molecule has 4 rings (SSSR count). The van der Waals surface area contributed by atoms with Crippen LogP contribution in [-0.2, 0) is 6.54 Å². The van der Waals surface area contributed by atoms with E-state index in [2.05, 4.69) is 20.7 Å². The lowest BCUT2D eigenvalue weighted by atomic mass is 10.1. The molecule has 0 aliphatic carbocycles. The molecular weight excluding hydrogens is 318 g/mol. The summed E-state index contributed by atoms with van der Waals surface area (Å²) in [7, 11) is 0. The third kappa shape index (κ3) is 2.81. The molecule has 0 spiro atoms. The highest BCUT2D eigenvalue weighted by atomic mass is 32.1. The van der Waals surface area contributed by atoms with E-state index in [4.69, 9.17) is 0 Å². The Kier molecular flexibility index (Phi) is 3.84. The van der Waals surface area contributed by atoms with E-state index < -0.39 is 0 Å². The van der Waals surface area contributed by atoms with Gasteiger partial charge in [0.15, 0.2) is 0 Å². The molecular formula is C19H15N3OS. The number of nitrogens with zero attached hydrogens (tertiary/aromatic N) is 1. The molecule has 0 saturated carbocycles. The molecule has 0 fully saturated rings. The van der Waals surface area contributed by atoms with Crippen molar-refractivity contribution in [3.05, 3.63) is 76.7 Å². The van der Waals surface area contributed by atoms with Crippen molar-refractivity contribution in [1.82, 2.24) is 15.3 Å². The molecule has 0 bridgehead atoms. The number of pyridine rings is 1. The first-order valence-corrected chi connectivity index (χ1v) is 8.57. The molecule has 0 radical (unpaired) electrons. The summed E-state index contributed by atoms with van der Waals surface area (Å²) in [6.45, 7) is 0.447. The third-order valence-electron chi connectivity index (χ3n) is 3.94. The average Bonchev–Trinajstić information content (AvgIpc) is 3.30. The Morgan fingerprint density at radius 1 is 1.21 bits per heavy atom. The van der Waals surface area contributed by atoms with Crippen molar-refractivity contribution >= 4 is 28.1 Å². The number of nitrogens with one attached hydrogen (secondary N) is 2. The standard InChI is InChI=1S/C19H15N3OS/c23-19(14-3-4-17-13(10-14)5-8-20-17)22-11-15-2-1-7-21-18(15)16-6-9-24-12-16/h1-10,12,20H,11H2,(H,22,23). The van der Waals surface area contributed by atoms with Crippen LogP contribution < -0.4 is 5.32 Å². The normalized spacial score (nSPS) is 10.8. The fourth-order valence-corrected chi connectivity index (χ4v) is 3.35. The van der Waals surface area contributed by atoms with Crippen LogP contribution in [0.15, 0.2) is 65.6 Å². The number of aromatic nitrogens is 2. The van der Waals surface area contributed by atoms with Gasteiger partial charge in [-0.3, -0.25) is 9.78 Å². The van der Waals surface area contributed by atoms with Gasteiger partial charge in [0.05, 0.1) is 5.69 Å². The van der Waals surface area contributed by atoms with Gasteiger partial charge >= 0.3 is 0 Å². The van der Waals surface area contributed by atoms with Gasteiger partial charge < -0.3 is 10.3 Å². The molecule has 2 N–H and O–H groups in total. The van der Waals surface area contributed by atoms with Crippen molar-refractivity contribution < 1.29 is 4.79 Å². The second kappa shape index (κ2) is 6.29. The summed E-state index contributed by atoms with van der Waals surface area (Å²) < 4.78 is 0. The zero-order valence-electron chi connectivity index (χ0n) is 12.8. The van der Waals surface area contributed by atoms with Gasteiger partial charge in [0, 0.05) is 46.3 Å². The van der Waals surface area contributed by atoms with Gasteiger partial charge in [0.25, 0.3) is 5.91 Å². The highest BCUT2D eigenvalue weighted by Gasteiger charge is 2.10. The molecule has 24 heavy (non-hydrogen) atoms. The Bertz CT molecular complexity index is 989. The smallest absolute Gasteiger partial charge is 0.251 e. The van der Waals surface area contributed by atoms with Gasteiger partial charge in [-0.15, -0.1) is 0 Å². The van der Waals surface area contributed by atoms with Crippen LogP contribution in [0.1, 0.15) is 15.9 Å². The van der Waals surface area contributed by atoms with Gasteiger partial charge in [0.1, 0.15) is 0 Å². The van der Waals surface area contributed by atoms with E-state index in [1.54, 1.807) is 17.5 Å². The number of fused-ring (bicyclic) bond motifs is 1. The molecule has 4 nitrogen and oxygen atoms in total. The summed E-state index contributed by atoms with van der Waals surface area (Å²) in [5, 5.41) is 8.11. The molecule has 0 unspecified atom stereocenters. The maximum Gasteiger partial charge on any atom is 0.251 e. The maximum absolute atomic E-state index is 12.4. The lowest BCUT2D eigenvalue weighted by Crippen LogP contribution is -2.23. The molecule has 0 aliphatic heterocycles. The monoisotopic (exact) mass is 333 g/mol. The van der Waals surface area contributed by atoms with E-state index >= 15 is 0 Å². The summed E-state index contributed by atoms with van der Waals surface area (Å²) >= 11 is 1.64. The van der Waals surface area contributed by atoms with E-state index in [1.807, 2.05) is 54.0 Å². The number of carbonyl (C=O) groups excluding carboxylic acids is 1. The molecule has 0 saturated heterocycles. The van der Waals surface area contributed by atoms with Crippen LogP contribution in [0.4, 0.5) is 0 Å². The van der Waals surface area contributed by atoms with Gasteiger partial charge in [-0.2, -0.15) is 11.3 Å². The lowest BCUT2D eigenvalue weighted by molar-refractivity contribution is 0.0951. The molecule has 3 aromatic heterocycles. The Balaban J connectivity index is 1.53. The Morgan fingerprint density at radius 3 is 3.04 bits per heavy atom. The first-order chi connectivity index (χ1) is 11.8. The van der Waals surface area contributed by atoms with E-state index in [0.717, 1.165) is 27.7 Å². The fraction of sp³-hybridized carbons (Fsp3) is 0.0526. The number of thiophene rings is 1. The second-order valence-electron chi connectivity index (χ2n) is 5.49. The van der Waals surface area contributed by atoms with Crippen LogP contribution in [0.25, 0.3) is 22.2 Å². The van der Waals surface area contributed by atoms with Crippen molar-refractivity contribution in [3.63, 3.8) is 0 Å². The Morgan fingerprint density at radius 2 is 2.17 bits per heavy atom. The van der Waals surface area contributed by atoms with E-state index in [-0.39, 0.29) is 5.91 Å². The summed E-state index contributed by atoms with van der Waals surface area (Å²) in [5.74, 6) is -0.0850. The highest BCUT2D eigenvalue weighted by Crippen LogP contribution is 2.23. The van der Waals surface area contributed by atoms with Gasteiger partial charge in [0.2, 0.25) is 0 Å². The SMILES string of the molecule is O=C(NCc1cccnc1-c1ccsc1)c1ccc2[nH]ccc2c1. The van der Waals surface area contributed by atoms with Crippen molar-refractivity contribution in [1.29, 1.82) is 0 Å². The zero-order chi connectivity index (χ0) is 16.4. The summed E-state index contributed by atoms with van der Waals surface area (Å²) in [6, 6.07) is 13.5. The van der Waals surface area contributed by atoms with Crippen LogP contribution >= 0.6 is 11.3 Å². The van der Waals surface area contributed by atoms with Crippen LogP contribution in [0.2, 0.25) is 0 Å². The largest absolute Gasteiger partial charge is 0.361 e. The number of rotatable bonds is 4. The first-order valence-electron chi connectivity index (χ1n) is 7.63. The highest BCUT2D eigenvalue weighted by molar-refractivity contribution is 7.08. The average molecular weight is 333 g/mol. The second-order valence-corrected chi connectivity index (χ2v) is 6.27. The number of benzene rings is 1. The number of aromatic amines is 1. The minimum atomic E-state index is -0.0850. The number of amides is 1. The molecule has 4 aromatic rings. The van der Waals surface area contributed by atoms with Gasteiger partial charge in [-0.1, -0.05) is 6.07 Å². The minimum Gasteiger partial charge on any atom is -0.361 e. The molecule has 1 amide bonds. The predicted molar refractivity (Wildman–Crippen MR) is 97.0 cm³/mol. The Labute approximate surface area is 143 Å². The molecule has 0 aliphatic rings. The van der Waals surface area contributed by atoms with Gasteiger partial charge in [-0.05, 0) is 47.3 Å². The van der Waals surface area contributed by atoms with Crippen molar-refractivity contribution in [3.8, 4) is 11.3 Å².